The van der Waals surface area contributed by atoms with Gasteiger partial charge in [-0.2, -0.15) is 0 Å². The van der Waals surface area contributed by atoms with E-state index in [0.717, 1.165) is 10.9 Å². The molecule has 7 heteroatoms. The van der Waals surface area contributed by atoms with E-state index in [-0.39, 0.29) is 18.9 Å². The number of carboxylic acids is 1. The molecular weight excluding hydrogens is 328 g/mol. The van der Waals surface area contributed by atoms with E-state index in [1.807, 2.05) is 6.92 Å². The summed E-state index contributed by atoms with van der Waals surface area (Å²) >= 11 is 3.33. The molecule has 0 aromatic carbocycles. The number of aliphatic hydroxyl groups excluding tert-OH is 1. The Morgan fingerprint density at radius 2 is 2.20 bits per heavy atom. The number of amides is 1. The van der Waals surface area contributed by atoms with Gasteiger partial charge in [0.2, 0.25) is 0 Å². The zero-order chi connectivity index (χ0) is 14.9. The van der Waals surface area contributed by atoms with E-state index < -0.39 is 18.1 Å². The van der Waals surface area contributed by atoms with Gasteiger partial charge in [-0.1, -0.05) is 6.92 Å². The second-order valence-corrected chi connectivity index (χ2v) is 5.85. The van der Waals surface area contributed by atoms with Gasteiger partial charge in [0, 0.05) is 30.2 Å². The number of aromatic nitrogens is 1. The highest BCUT2D eigenvalue weighted by molar-refractivity contribution is 9.10. The van der Waals surface area contributed by atoms with Gasteiger partial charge in [-0.05, 0) is 28.4 Å². The number of aliphatic carboxylic acids is 1. The third kappa shape index (κ3) is 2.88. The number of aliphatic hydroxyl groups is 1. The van der Waals surface area contributed by atoms with Crippen molar-refractivity contribution in [3.8, 4) is 0 Å². The van der Waals surface area contributed by atoms with Crippen molar-refractivity contribution in [1.29, 1.82) is 0 Å². The molecule has 1 unspecified atom stereocenters. The van der Waals surface area contributed by atoms with Gasteiger partial charge in [0.15, 0.2) is 0 Å². The summed E-state index contributed by atoms with van der Waals surface area (Å²) in [5, 5.41) is 18.8. The molecule has 0 bridgehead atoms. The van der Waals surface area contributed by atoms with E-state index in [9.17, 15) is 14.7 Å². The first-order chi connectivity index (χ1) is 9.43. The minimum Gasteiger partial charge on any atom is -0.480 e. The Balaban J connectivity index is 2.28. The lowest BCUT2D eigenvalue weighted by atomic mass is 10.2. The quantitative estimate of drug-likeness (QED) is 0.862. The highest BCUT2D eigenvalue weighted by Gasteiger charge is 2.40. The smallest absolute Gasteiger partial charge is 0.326 e. The molecule has 1 fully saturated rings. The zero-order valence-electron chi connectivity index (χ0n) is 11.1. The fourth-order valence-electron chi connectivity index (χ4n) is 2.50. The second-order valence-electron chi connectivity index (χ2n) is 4.94. The molecule has 0 spiro atoms. The number of likely N-dealkylation sites (tertiary alicyclic amines) is 1. The monoisotopic (exact) mass is 344 g/mol. The van der Waals surface area contributed by atoms with Crippen LogP contribution in [0.1, 0.15) is 30.3 Å². The van der Waals surface area contributed by atoms with Crippen LogP contribution in [-0.4, -0.2) is 50.2 Å². The van der Waals surface area contributed by atoms with E-state index in [4.69, 9.17) is 5.11 Å². The van der Waals surface area contributed by atoms with Crippen molar-refractivity contribution < 1.29 is 19.8 Å². The highest BCUT2D eigenvalue weighted by Crippen LogP contribution is 2.23. The van der Waals surface area contributed by atoms with Crippen LogP contribution in [0.15, 0.2) is 16.7 Å². The Hall–Kier alpha value is -1.34. The second kappa shape index (κ2) is 5.97. The van der Waals surface area contributed by atoms with Gasteiger partial charge < -0.3 is 19.7 Å². The topological polar surface area (TPSA) is 82.8 Å². The van der Waals surface area contributed by atoms with E-state index in [0.29, 0.717) is 12.2 Å². The number of halogens is 1. The average molecular weight is 345 g/mol. The molecule has 1 aliphatic rings. The average Bonchev–Trinajstić information content (AvgIpc) is 2.92. The minimum absolute atomic E-state index is 0.0602. The summed E-state index contributed by atoms with van der Waals surface area (Å²) in [6.07, 6.45) is 1.97. The minimum atomic E-state index is -1.08. The van der Waals surface area contributed by atoms with Crippen molar-refractivity contribution in [3.05, 3.63) is 22.4 Å². The van der Waals surface area contributed by atoms with Gasteiger partial charge in [0.1, 0.15) is 11.7 Å². The lowest BCUT2D eigenvalue weighted by molar-refractivity contribution is -0.141. The molecular formula is C13H17BrN2O4. The summed E-state index contributed by atoms with van der Waals surface area (Å²) in [5.74, 6) is -1.43. The van der Waals surface area contributed by atoms with E-state index >= 15 is 0 Å². The summed E-state index contributed by atoms with van der Waals surface area (Å²) < 4.78 is 2.58. The fourth-order valence-corrected chi connectivity index (χ4v) is 2.96. The van der Waals surface area contributed by atoms with E-state index in [2.05, 4.69) is 15.9 Å². The fraction of sp³-hybridized carbons (Fsp3) is 0.538. The van der Waals surface area contributed by atoms with Crippen molar-refractivity contribution in [2.75, 3.05) is 6.54 Å². The predicted octanol–water partition coefficient (Wildman–Crippen LogP) is 1.32. The number of carbonyl (C=O) groups is 2. The molecule has 2 atom stereocenters. The maximum Gasteiger partial charge on any atom is 0.326 e. The Bertz CT molecular complexity index is 528. The van der Waals surface area contributed by atoms with Crippen molar-refractivity contribution in [1.82, 2.24) is 9.47 Å². The van der Waals surface area contributed by atoms with Gasteiger partial charge in [-0.25, -0.2) is 4.79 Å². The number of hydrogen-bond donors (Lipinski definition) is 2. The Morgan fingerprint density at radius 1 is 1.50 bits per heavy atom. The maximum atomic E-state index is 12.5. The molecule has 2 heterocycles. The molecule has 1 aromatic rings. The standard InChI is InChI=1S/C13H17BrN2O4/c1-2-3-15-6-8(14)4-10(15)12(18)16-7-9(17)5-11(16)13(19)20/h4,6,9,11,17H,2-3,5,7H2,1H3,(H,19,20)/t9?,11-/m0/s1. The van der Waals surface area contributed by atoms with E-state index in [1.54, 1.807) is 16.8 Å². The summed E-state index contributed by atoms with van der Waals surface area (Å²) in [6, 6.07) is 0.725. The zero-order valence-corrected chi connectivity index (χ0v) is 12.7. The van der Waals surface area contributed by atoms with Crippen LogP contribution in [0.5, 0.6) is 0 Å². The molecule has 1 saturated heterocycles. The first-order valence-corrected chi connectivity index (χ1v) is 7.30. The molecule has 6 nitrogen and oxygen atoms in total. The van der Waals surface area contributed by atoms with Crippen LogP contribution >= 0.6 is 15.9 Å². The summed E-state index contributed by atoms with van der Waals surface area (Å²) in [7, 11) is 0. The molecule has 1 aliphatic heterocycles. The van der Waals surface area contributed by atoms with Crippen molar-refractivity contribution in [3.63, 3.8) is 0 Å². The lowest BCUT2D eigenvalue weighted by Gasteiger charge is -2.21. The number of β-amino-alcohol motifs (C(OH)–C–C–N with tert-alkyl or cyclic N) is 1. The van der Waals surface area contributed by atoms with Crippen LogP contribution in [0.4, 0.5) is 0 Å². The first kappa shape index (κ1) is 15.1. The molecule has 0 aliphatic carbocycles. The number of hydrogen-bond acceptors (Lipinski definition) is 3. The largest absolute Gasteiger partial charge is 0.480 e. The van der Waals surface area contributed by atoms with Gasteiger partial charge in [0.25, 0.3) is 5.91 Å². The highest BCUT2D eigenvalue weighted by atomic mass is 79.9. The van der Waals surface area contributed by atoms with Crippen LogP contribution in [0.2, 0.25) is 0 Å². The third-order valence-electron chi connectivity index (χ3n) is 3.37. The number of carboxylic acid groups (broad SMARTS) is 1. The Labute approximate surface area is 125 Å². The molecule has 1 amide bonds. The van der Waals surface area contributed by atoms with Crippen molar-refractivity contribution in [2.24, 2.45) is 0 Å². The van der Waals surface area contributed by atoms with Gasteiger partial charge in [-0.3, -0.25) is 4.79 Å². The number of aryl methyl sites for hydroxylation is 1. The summed E-state index contributed by atoms with van der Waals surface area (Å²) in [5.41, 5.74) is 0.444. The molecule has 2 rings (SSSR count). The van der Waals surface area contributed by atoms with Crippen molar-refractivity contribution >= 4 is 27.8 Å². The number of rotatable bonds is 4. The Kier molecular flexibility index (Phi) is 4.49. The van der Waals surface area contributed by atoms with Crippen molar-refractivity contribution in [2.45, 2.75) is 38.5 Å². The van der Waals surface area contributed by atoms with Gasteiger partial charge in [0.05, 0.1) is 6.10 Å². The van der Waals surface area contributed by atoms with Gasteiger partial charge >= 0.3 is 5.97 Å². The summed E-state index contributed by atoms with van der Waals surface area (Å²) in [6.45, 7) is 2.74. The molecule has 110 valence electrons. The lowest BCUT2D eigenvalue weighted by Crippen LogP contribution is -2.41. The van der Waals surface area contributed by atoms with Crippen LogP contribution in [-0.2, 0) is 11.3 Å². The molecule has 20 heavy (non-hydrogen) atoms. The number of carbonyl (C=O) groups excluding carboxylic acids is 1. The van der Waals surface area contributed by atoms with Gasteiger partial charge in [-0.15, -0.1) is 0 Å². The van der Waals surface area contributed by atoms with Crippen LogP contribution in [0.3, 0.4) is 0 Å². The normalized spacial score (nSPS) is 22.2. The third-order valence-corrected chi connectivity index (χ3v) is 3.81. The van der Waals surface area contributed by atoms with Crippen LogP contribution in [0.25, 0.3) is 0 Å². The summed E-state index contributed by atoms with van der Waals surface area (Å²) in [4.78, 5) is 25.0. The molecule has 0 radical (unpaired) electrons. The SMILES string of the molecule is CCCn1cc(Br)cc1C(=O)N1CC(O)C[C@H]1C(=O)O. The predicted molar refractivity (Wildman–Crippen MR) is 75.5 cm³/mol. The maximum absolute atomic E-state index is 12.5. The number of nitrogens with zero attached hydrogens (tertiary/aromatic N) is 2. The Morgan fingerprint density at radius 3 is 2.80 bits per heavy atom. The molecule has 0 saturated carbocycles. The van der Waals surface area contributed by atoms with E-state index in [1.165, 1.54) is 4.90 Å². The van der Waals surface area contributed by atoms with Crippen LogP contribution < -0.4 is 0 Å². The molecule has 2 N–H and O–H groups in total. The molecule has 1 aromatic heterocycles. The van der Waals surface area contributed by atoms with Crippen LogP contribution in [0, 0.1) is 0 Å². The first-order valence-electron chi connectivity index (χ1n) is 6.51.